The quantitative estimate of drug-likeness (QED) is 0.674. The molecule has 0 heterocycles. The van der Waals surface area contributed by atoms with Gasteiger partial charge in [0.1, 0.15) is 5.75 Å². The molecule has 0 aliphatic rings. The maximum Gasteiger partial charge on any atom is 0.271 e. The lowest BCUT2D eigenvalue weighted by Crippen LogP contribution is -2.17. The molecule has 21 heavy (non-hydrogen) atoms. The summed E-state index contributed by atoms with van der Waals surface area (Å²) in [6.45, 7) is 3.62. The van der Waals surface area contributed by atoms with Crippen molar-refractivity contribution in [1.29, 1.82) is 0 Å². The van der Waals surface area contributed by atoms with E-state index < -0.39 is 0 Å². The van der Waals surface area contributed by atoms with E-state index in [1.54, 1.807) is 36.4 Å². The Morgan fingerprint density at radius 3 is 2.33 bits per heavy atom. The van der Waals surface area contributed by atoms with Crippen LogP contribution in [0.5, 0.6) is 5.75 Å². The topological polar surface area (TPSA) is 61.7 Å². The van der Waals surface area contributed by atoms with E-state index in [2.05, 4.69) is 10.5 Å². The number of phenolic OH excluding ortho intramolecular Hbond substituents is 1. The molecule has 0 atom stereocenters. The molecule has 0 bridgehead atoms. The summed E-state index contributed by atoms with van der Waals surface area (Å²) in [7, 11) is 0. The highest BCUT2D eigenvalue weighted by Crippen LogP contribution is 2.21. The second-order valence-electron chi connectivity index (χ2n) is 4.71. The van der Waals surface area contributed by atoms with Crippen LogP contribution < -0.4 is 5.43 Å². The van der Waals surface area contributed by atoms with E-state index in [4.69, 9.17) is 11.6 Å². The number of halogens is 1. The zero-order valence-corrected chi connectivity index (χ0v) is 12.5. The summed E-state index contributed by atoms with van der Waals surface area (Å²) < 4.78 is 0. The largest absolute Gasteiger partial charge is 0.507 e. The molecular formula is C16H15ClN2O2. The molecule has 0 aliphatic carbocycles. The molecule has 4 nitrogen and oxygen atoms in total. The number of phenols is 1. The van der Waals surface area contributed by atoms with Crippen LogP contribution in [0.15, 0.2) is 41.5 Å². The Morgan fingerprint density at radius 1 is 1.19 bits per heavy atom. The van der Waals surface area contributed by atoms with Crippen molar-refractivity contribution in [2.75, 3.05) is 0 Å². The normalized spacial score (nSPS) is 10.8. The van der Waals surface area contributed by atoms with Crippen LogP contribution in [0, 0.1) is 13.8 Å². The molecular weight excluding hydrogens is 288 g/mol. The van der Waals surface area contributed by atoms with Crippen molar-refractivity contribution in [3.63, 3.8) is 0 Å². The Labute approximate surface area is 128 Å². The van der Waals surface area contributed by atoms with Gasteiger partial charge in [0, 0.05) is 10.6 Å². The first kappa shape index (κ1) is 15.1. The number of hydrogen-bond donors (Lipinski definition) is 2. The van der Waals surface area contributed by atoms with Gasteiger partial charge in [-0.15, -0.1) is 0 Å². The first-order chi connectivity index (χ1) is 9.97. The number of nitrogens with zero attached hydrogens (tertiary/aromatic N) is 1. The molecule has 0 fully saturated rings. The molecule has 2 rings (SSSR count). The predicted molar refractivity (Wildman–Crippen MR) is 84.1 cm³/mol. The SMILES string of the molecule is Cc1cc(/C=N\NC(=O)c2ccc(Cl)cc2)cc(C)c1O. The number of benzene rings is 2. The number of rotatable bonds is 3. The van der Waals surface area contributed by atoms with E-state index in [0.29, 0.717) is 10.6 Å². The predicted octanol–water partition coefficient (Wildman–Crippen LogP) is 3.43. The maximum absolute atomic E-state index is 11.8. The lowest BCUT2D eigenvalue weighted by molar-refractivity contribution is 0.0955. The van der Waals surface area contributed by atoms with Crippen molar-refractivity contribution < 1.29 is 9.90 Å². The van der Waals surface area contributed by atoms with Crippen LogP contribution in [-0.4, -0.2) is 17.2 Å². The molecule has 5 heteroatoms. The monoisotopic (exact) mass is 302 g/mol. The Balaban J connectivity index is 2.05. The number of hydrogen-bond acceptors (Lipinski definition) is 3. The third-order valence-electron chi connectivity index (χ3n) is 3.00. The summed E-state index contributed by atoms with van der Waals surface area (Å²) in [5.74, 6) is -0.0347. The molecule has 108 valence electrons. The van der Waals surface area contributed by atoms with Gasteiger partial charge in [-0.25, -0.2) is 5.43 Å². The number of amides is 1. The summed E-state index contributed by atoms with van der Waals surface area (Å²) in [4.78, 5) is 11.8. The second kappa shape index (κ2) is 6.41. The van der Waals surface area contributed by atoms with E-state index in [1.807, 2.05) is 13.8 Å². The van der Waals surface area contributed by atoms with Crippen LogP contribution in [0.4, 0.5) is 0 Å². The molecule has 2 aromatic carbocycles. The maximum atomic E-state index is 11.8. The van der Waals surface area contributed by atoms with Gasteiger partial charge in [0.05, 0.1) is 6.21 Å². The molecule has 0 unspecified atom stereocenters. The van der Waals surface area contributed by atoms with Gasteiger partial charge in [-0.3, -0.25) is 4.79 Å². The Hall–Kier alpha value is -2.33. The average molecular weight is 303 g/mol. The minimum absolute atomic E-state index is 0.275. The Morgan fingerprint density at radius 2 is 1.76 bits per heavy atom. The van der Waals surface area contributed by atoms with Gasteiger partial charge < -0.3 is 5.11 Å². The van der Waals surface area contributed by atoms with Crippen LogP contribution in [0.25, 0.3) is 0 Å². The van der Waals surface area contributed by atoms with Gasteiger partial charge in [0.15, 0.2) is 0 Å². The van der Waals surface area contributed by atoms with Crippen molar-refractivity contribution in [2.45, 2.75) is 13.8 Å². The third-order valence-corrected chi connectivity index (χ3v) is 3.25. The molecule has 0 saturated heterocycles. The van der Waals surface area contributed by atoms with Gasteiger partial charge >= 0.3 is 0 Å². The van der Waals surface area contributed by atoms with Crippen LogP contribution in [0.3, 0.4) is 0 Å². The zero-order valence-electron chi connectivity index (χ0n) is 11.7. The fourth-order valence-corrected chi connectivity index (χ4v) is 2.02. The number of aryl methyl sites for hydroxylation is 2. The van der Waals surface area contributed by atoms with E-state index >= 15 is 0 Å². The first-order valence-electron chi connectivity index (χ1n) is 6.36. The van der Waals surface area contributed by atoms with E-state index in [9.17, 15) is 9.90 Å². The molecule has 2 aromatic rings. The zero-order chi connectivity index (χ0) is 15.4. The molecule has 0 aliphatic heterocycles. The van der Waals surface area contributed by atoms with Crippen LogP contribution in [0.2, 0.25) is 5.02 Å². The lowest BCUT2D eigenvalue weighted by atomic mass is 10.1. The minimum Gasteiger partial charge on any atom is -0.507 e. The van der Waals surface area contributed by atoms with E-state index in [-0.39, 0.29) is 11.7 Å². The first-order valence-corrected chi connectivity index (χ1v) is 6.74. The van der Waals surface area contributed by atoms with Crippen molar-refractivity contribution in [1.82, 2.24) is 5.43 Å². The van der Waals surface area contributed by atoms with Gasteiger partial charge in [0.2, 0.25) is 0 Å². The van der Waals surface area contributed by atoms with E-state index in [0.717, 1.165) is 16.7 Å². The smallest absolute Gasteiger partial charge is 0.271 e. The summed E-state index contributed by atoms with van der Waals surface area (Å²) in [5, 5.41) is 14.2. The third kappa shape index (κ3) is 3.83. The van der Waals surface area contributed by atoms with Crippen molar-refractivity contribution in [2.24, 2.45) is 5.10 Å². The average Bonchev–Trinajstić information content (AvgIpc) is 2.45. The molecule has 0 saturated carbocycles. The summed E-state index contributed by atoms with van der Waals surface area (Å²) in [6, 6.07) is 10.1. The second-order valence-corrected chi connectivity index (χ2v) is 5.15. The van der Waals surface area contributed by atoms with Crippen LogP contribution >= 0.6 is 11.6 Å². The van der Waals surface area contributed by atoms with Crippen LogP contribution in [-0.2, 0) is 0 Å². The Bertz CT molecular complexity index is 671. The molecule has 0 radical (unpaired) electrons. The summed E-state index contributed by atoms with van der Waals surface area (Å²) in [5.41, 5.74) is 5.26. The molecule has 0 aromatic heterocycles. The summed E-state index contributed by atoms with van der Waals surface area (Å²) in [6.07, 6.45) is 1.53. The highest BCUT2D eigenvalue weighted by molar-refractivity contribution is 6.30. The standard InChI is InChI=1S/C16H15ClN2O2/c1-10-7-12(8-11(2)15(10)20)9-18-19-16(21)13-3-5-14(17)6-4-13/h3-9,20H,1-2H3,(H,19,21)/b18-9-. The molecule has 2 N–H and O–H groups in total. The van der Waals surface area contributed by atoms with Gasteiger partial charge in [-0.05, 0) is 66.9 Å². The lowest BCUT2D eigenvalue weighted by Gasteiger charge is -2.04. The fraction of sp³-hybridized carbons (Fsp3) is 0.125. The van der Waals surface area contributed by atoms with Gasteiger partial charge in [0.25, 0.3) is 5.91 Å². The minimum atomic E-state index is -0.310. The molecule has 1 amide bonds. The van der Waals surface area contributed by atoms with Gasteiger partial charge in [-0.2, -0.15) is 5.10 Å². The highest BCUT2D eigenvalue weighted by atomic mass is 35.5. The fourth-order valence-electron chi connectivity index (χ4n) is 1.90. The number of carbonyl (C=O) groups is 1. The Kier molecular flexibility index (Phi) is 4.60. The number of hydrazone groups is 1. The van der Waals surface area contributed by atoms with Crippen molar-refractivity contribution in [3.8, 4) is 5.75 Å². The molecule has 0 spiro atoms. The number of aromatic hydroxyl groups is 1. The van der Waals surface area contributed by atoms with E-state index in [1.165, 1.54) is 6.21 Å². The highest BCUT2D eigenvalue weighted by Gasteiger charge is 2.04. The number of carbonyl (C=O) groups excluding carboxylic acids is 1. The van der Waals surface area contributed by atoms with Gasteiger partial charge in [-0.1, -0.05) is 11.6 Å². The number of nitrogens with one attached hydrogen (secondary N) is 1. The van der Waals surface area contributed by atoms with Crippen LogP contribution in [0.1, 0.15) is 27.0 Å². The van der Waals surface area contributed by atoms with Crippen molar-refractivity contribution in [3.05, 3.63) is 63.7 Å². The summed E-state index contributed by atoms with van der Waals surface area (Å²) >= 11 is 5.76. The van der Waals surface area contributed by atoms with Crippen molar-refractivity contribution >= 4 is 23.7 Å².